The van der Waals surface area contributed by atoms with Crippen LogP contribution in [0.2, 0.25) is 0 Å². The Morgan fingerprint density at radius 3 is 2.95 bits per heavy atom. The van der Waals surface area contributed by atoms with E-state index in [4.69, 9.17) is 5.11 Å². The summed E-state index contributed by atoms with van der Waals surface area (Å²) < 4.78 is 1.37. The molecule has 0 atom stereocenters. The third-order valence-corrected chi connectivity index (χ3v) is 3.01. The number of imidazole rings is 1. The molecule has 3 aromatic heterocycles. The van der Waals surface area contributed by atoms with Gasteiger partial charge in [-0.3, -0.25) is 14.3 Å². The Morgan fingerprint density at radius 2 is 2.24 bits per heavy atom. The van der Waals surface area contributed by atoms with E-state index in [0.717, 1.165) is 5.56 Å². The predicted molar refractivity (Wildman–Crippen MR) is 71.9 cm³/mol. The summed E-state index contributed by atoms with van der Waals surface area (Å²) in [6.07, 6.45) is 6.07. The van der Waals surface area contributed by atoms with Gasteiger partial charge in [0.1, 0.15) is 5.65 Å². The number of nitrogens with zero attached hydrogens (tertiary/aromatic N) is 3. The maximum absolute atomic E-state index is 12.2. The summed E-state index contributed by atoms with van der Waals surface area (Å²) in [7, 11) is 0. The van der Waals surface area contributed by atoms with Crippen molar-refractivity contribution in [1.29, 1.82) is 0 Å². The molecule has 3 aromatic rings. The third kappa shape index (κ3) is 2.34. The first kappa shape index (κ1) is 12.9. The minimum absolute atomic E-state index is 0.00878. The van der Waals surface area contributed by atoms with Crippen molar-refractivity contribution in [3.8, 4) is 0 Å². The van der Waals surface area contributed by atoms with Crippen molar-refractivity contribution in [3.05, 3.63) is 53.7 Å². The number of H-pyrrole nitrogens is 1. The van der Waals surface area contributed by atoms with Gasteiger partial charge >= 0.3 is 5.97 Å². The van der Waals surface area contributed by atoms with Gasteiger partial charge in [-0.2, -0.15) is 5.10 Å². The predicted octanol–water partition coefficient (Wildman–Crippen LogP) is 0.686. The molecule has 3 rings (SSSR count). The monoisotopic (exact) mass is 285 g/mol. The molecular weight excluding hydrogens is 274 g/mol. The second-order valence-corrected chi connectivity index (χ2v) is 4.35. The molecule has 0 saturated carbocycles. The molecule has 0 aliphatic rings. The highest BCUT2D eigenvalue weighted by Gasteiger charge is 2.16. The van der Waals surface area contributed by atoms with Gasteiger partial charge in [0.05, 0.1) is 18.0 Å². The first-order valence-corrected chi connectivity index (χ1v) is 6.12. The van der Waals surface area contributed by atoms with E-state index in [1.54, 1.807) is 30.7 Å². The highest BCUT2D eigenvalue weighted by Crippen LogP contribution is 2.12. The number of aromatic carboxylic acids is 1. The first-order chi connectivity index (χ1) is 10.2. The van der Waals surface area contributed by atoms with Crippen molar-refractivity contribution >= 4 is 17.5 Å². The molecule has 0 saturated heterocycles. The fourth-order valence-electron chi connectivity index (χ4n) is 2.00. The van der Waals surface area contributed by atoms with Gasteiger partial charge in [0, 0.05) is 24.5 Å². The maximum Gasteiger partial charge on any atom is 0.354 e. The minimum atomic E-state index is -1.10. The molecule has 1 amide bonds. The Balaban J connectivity index is 1.89. The van der Waals surface area contributed by atoms with Crippen molar-refractivity contribution in [1.82, 2.24) is 24.9 Å². The van der Waals surface area contributed by atoms with E-state index in [1.807, 2.05) is 0 Å². The Hall–Kier alpha value is -3.16. The number of nitrogens with one attached hydrogen (secondary N) is 2. The average Bonchev–Trinajstić information content (AvgIpc) is 3.13. The molecule has 106 valence electrons. The van der Waals surface area contributed by atoms with Crippen LogP contribution in [0.1, 0.15) is 26.4 Å². The van der Waals surface area contributed by atoms with Crippen molar-refractivity contribution < 1.29 is 14.7 Å². The number of fused-ring (bicyclic) bond motifs is 1. The van der Waals surface area contributed by atoms with E-state index in [0.29, 0.717) is 17.8 Å². The number of rotatable bonds is 4. The fraction of sp³-hybridized carbons (Fsp3) is 0.0769. The van der Waals surface area contributed by atoms with Crippen molar-refractivity contribution in [2.24, 2.45) is 0 Å². The molecule has 0 spiro atoms. The topological polar surface area (TPSA) is 112 Å². The largest absolute Gasteiger partial charge is 0.477 e. The molecule has 0 fully saturated rings. The lowest BCUT2D eigenvalue weighted by molar-refractivity contribution is 0.0689. The van der Waals surface area contributed by atoms with Gasteiger partial charge in [0.2, 0.25) is 0 Å². The van der Waals surface area contributed by atoms with E-state index in [9.17, 15) is 9.59 Å². The highest BCUT2D eigenvalue weighted by atomic mass is 16.4. The van der Waals surface area contributed by atoms with Crippen LogP contribution < -0.4 is 5.32 Å². The molecule has 3 N–H and O–H groups in total. The lowest BCUT2D eigenvalue weighted by atomic mass is 10.2. The average molecular weight is 285 g/mol. The van der Waals surface area contributed by atoms with Crippen LogP contribution in [0.3, 0.4) is 0 Å². The number of aromatic nitrogens is 4. The smallest absolute Gasteiger partial charge is 0.354 e. The number of carboxylic acid groups (broad SMARTS) is 1. The third-order valence-electron chi connectivity index (χ3n) is 3.01. The second-order valence-electron chi connectivity index (χ2n) is 4.35. The Morgan fingerprint density at radius 1 is 1.38 bits per heavy atom. The summed E-state index contributed by atoms with van der Waals surface area (Å²) in [6, 6.07) is 3.20. The maximum atomic E-state index is 12.2. The van der Waals surface area contributed by atoms with Crippen LogP contribution in [-0.2, 0) is 6.54 Å². The molecule has 0 aromatic carbocycles. The van der Waals surface area contributed by atoms with Crippen LogP contribution in [-0.4, -0.2) is 36.6 Å². The number of aromatic amines is 1. The van der Waals surface area contributed by atoms with E-state index < -0.39 is 5.97 Å². The summed E-state index contributed by atoms with van der Waals surface area (Å²) in [6.45, 7) is 0.322. The van der Waals surface area contributed by atoms with Crippen LogP contribution in [0.4, 0.5) is 0 Å². The van der Waals surface area contributed by atoms with Crippen LogP contribution in [0, 0.1) is 0 Å². The van der Waals surface area contributed by atoms with Crippen LogP contribution in [0.5, 0.6) is 0 Å². The number of hydrogen-bond acceptors (Lipinski definition) is 4. The lowest BCUT2D eigenvalue weighted by Gasteiger charge is -2.05. The zero-order chi connectivity index (χ0) is 14.8. The van der Waals surface area contributed by atoms with Crippen molar-refractivity contribution in [3.63, 3.8) is 0 Å². The van der Waals surface area contributed by atoms with Gasteiger partial charge in [0.15, 0.2) is 5.69 Å². The summed E-state index contributed by atoms with van der Waals surface area (Å²) in [4.78, 5) is 27.3. The normalized spacial score (nSPS) is 10.7. The van der Waals surface area contributed by atoms with E-state index in [-0.39, 0.29) is 11.6 Å². The van der Waals surface area contributed by atoms with Gasteiger partial charge < -0.3 is 10.4 Å². The summed E-state index contributed by atoms with van der Waals surface area (Å²) in [5.74, 6) is -1.43. The lowest BCUT2D eigenvalue weighted by Crippen LogP contribution is -2.23. The quantitative estimate of drug-likeness (QED) is 0.652. The summed E-state index contributed by atoms with van der Waals surface area (Å²) in [5.41, 5.74) is 1.47. The van der Waals surface area contributed by atoms with E-state index in [2.05, 4.69) is 20.5 Å². The molecule has 0 aliphatic heterocycles. The first-order valence-electron chi connectivity index (χ1n) is 6.12. The minimum Gasteiger partial charge on any atom is -0.477 e. The molecule has 8 heteroatoms. The Labute approximate surface area is 118 Å². The van der Waals surface area contributed by atoms with Crippen LogP contribution in [0.15, 0.2) is 36.9 Å². The molecule has 3 heterocycles. The Kier molecular flexibility index (Phi) is 3.11. The molecule has 21 heavy (non-hydrogen) atoms. The Bertz CT molecular complexity index is 806. The fourth-order valence-corrected chi connectivity index (χ4v) is 2.00. The van der Waals surface area contributed by atoms with Gasteiger partial charge in [-0.25, -0.2) is 9.78 Å². The second kappa shape index (κ2) is 5.08. The van der Waals surface area contributed by atoms with Crippen molar-refractivity contribution in [2.75, 3.05) is 0 Å². The van der Waals surface area contributed by atoms with Crippen LogP contribution >= 0.6 is 0 Å². The van der Waals surface area contributed by atoms with E-state index >= 15 is 0 Å². The SMILES string of the molecule is O=C(NCc1cn[nH]c1)c1cccn2c(C(=O)O)cnc12. The molecule has 8 nitrogen and oxygen atoms in total. The number of carbonyl (C=O) groups excluding carboxylic acids is 1. The van der Waals surface area contributed by atoms with Gasteiger partial charge in [0.25, 0.3) is 5.91 Å². The van der Waals surface area contributed by atoms with Crippen LogP contribution in [0.25, 0.3) is 5.65 Å². The zero-order valence-corrected chi connectivity index (χ0v) is 10.8. The van der Waals surface area contributed by atoms with Gasteiger partial charge in [-0.05, 0) is 12.1 Å². The number of hydrogen-bond donors (Lipinski definition) is 3. The molecule has 0 radical (unpaired) electrons. The molecule has 0 unspecified atom stereocenters. The molecule has 0 aliphatic carbocycles. The van der Waals surface area contributed by atoms with E-state index in [1.165, 1.54) is 10.6 Å². The molecule has 0 bridgehead atoms. The summed E-state index contributed by atoms with van der Waals surface area (Å²) in [5, 5.41) is 18.2. The molecular formula is C13H11N5O3. The van der Waals surface area contributed by atoms with Gasteiger partial charge in [-0.15, -0.1) is 0 Å². The number of pyridine rings is 1. The number of carbonyl (C=O) groups is 2. The summed E-state index contributed by atoms with van der Waals surface area (Å²) >= 11 is 0. The zero-order valence-electron chi connectivity index (χ0n) is 10.8. The number of carboxylic acids is 1. The van der Waals surface area contributed by atoms with Crippen molar-refractivity contribution in [2.45, 2.75) is 6.54 Å². The highest BCUT2D eigenvalue weighted by molar-refractivity contribution is 6.00. The van der Waals surface area contributed by atoms with Gasteiger partial charge in [-0.1, -0.05) is 0 Å². The standard InChI is InChI=1S/C13H11N5O3/c19-12(15-4-8-5-16-17-6-8)9-2-1-3-18-10(13(20)21)7-14-11(9)18/h1-3,5-7H,4H2,(H,15,19)(H,16,17)(H,20,21). The number of amides is 1.